The van der Waals surface area contributed by atoms with Gasteiger partial charge in [-0.2, -0.15) is 0 Å². The van der Waals surface area contributed by atoms with Crippen molar-refractivity contribution in [2.24, 2.45) is 0 Å². The van der Waals surface area contributed by atoms with Gasteiger partial charge in [0.2, 0.25) is 0 Å². The number of amides is 1. The lowest BCUT2D eigenvalue weighted by Crippen LogP contribution is -2.23. The van der Waals surface area contributed by atoms with Crippen molar-refractivity contribution in [1.82, 2.24) is 10.6 Å². The van der Waals surface area contributed by atoms with Gasteiger partial charge in [0.05, 0.1) is 14.2 Å². The van der Waals surface area contributed by atoms with E-state index in [9.17, 15) is 4.79 Å². The van der Waals surface area contributed by atoms with Crippen molar-refractivity contribution in [3.05, 3.63) is 57.1 Å². The fourth-order valence-corrected chi connectivity index (χ4v) is 3.30. The molecule has 0 saturated heterocycles. The zero-order valence-corrected chi connectivity index (χ0v) is 15.2. The van der Waals surface area contributed by atoms with Gasteiger partial charge in [0, 0.05) is 25.2 Å². The van der Waals surface area contributed by atoms with Crippen LogP contribution in [0.5, 0.6) is 11.5 Å². The summed E-state index contributed by atoms with van der Waals surface area (Å²) in [6, 6.07) is 9.68. The van der Waals surface area contributed by atoms with Gasteiger partial charge in [-0.3, -0.25) is 4.79 Å². The van der Waals surface area contributed by atoms with E-state index in [0.717, 1.165) is 18.7 Å². The van der Waals surface area contributed by atoms with E-state index in [1.54, 1.807) is 26.4 Å². The van der Waals surface area contributed by atoms with Crippen molar-refractivity contribution in [2.75, 3.05) is 14.2 Å². The molecule has 2 N–H and O–H groups in total. The first-order chi connectivity index (χ1) is 11.6. The van der Waals surface area contributed by atoms with Crippen LogP contribution in [0.1, 0.15) is 27.0 Å². The molecule has 0 bridgehead atoms. The number of carbonyl (C=O) groups is 1. The number of halogens is 1. The van der Waals surface area contributed by atoms with E-state index in [2.05, 4.69) is 44.8 Å². The summed E-state index contributed by atoms with van der Waals surface area (Å²) in [5.41, 5.74) is 4.21. The van der Waals surface area contributed by atoms with E-state index in [0.29, 0.717) is 28.1 Å². The number of fused-ring (bicyclic) bond motifs is 1. The van der Waals surface area contributed by atoms with Crippen LogP contribution in [0.25, 0.3) is 0 Å². The number of benzene rings is 2. The number of carbonyl (C=O) groups excluding carboxylic acids is 1. The Balaban J connectivity index is 1.73. The van der Waals surface area contributed by atoms with Crippen LogP contribution in [-0.2, 0) is 19.6 Å². The molecule has 0 unspecified atom stereocenters. The predicted octanol–water partition coefficient (Wildman–Crippen LogP) is 3.00. The second-order valence-corrected chi connectivity index (χ2v) is 6.38. The van der Waals surface area contributed by atoms with E-state index in [-0.39, 0.29) is 5.91 Å². The monoisotopic (exact) mass is 390 g/mol. The summed E-state index contributed by atoms with van der Waals surface area (Å²) in [6.45, 7) is 2.28. The first-order valence-corrected chi connectivity index (χ1v) is 8.42. The molecule has 6 heteroatoms. The molecule has 1 amide bonds. The molecule has 1 aliphatic heterocycles. The molecule has 0 atom stereocenters. The molecule has 0 fully saturated rings. The number of nitrogens with one attached hydrogen (secondary N) is 2. The maximum atomic E-state index is 12.4. The number of hydrogen-bond donors (Lipinski definition) is 2. The van der Waals surface area contributed by atoms with Crippen LogP contribution in [0.2, 0.25) is 0 Å². The Morgan fingerprint density at radius 3 is 2.46 bits per heavy atom. The van der Waals surface area contributed by atoms with Crippen molar-refractivity contribution >= 4 is 21.8 Å². The first kappa shape index (κ1) is 16.8. The largest absolute Gasteiger partial charge is 0.495 e. The van der Waals surface area contributed by atoms with Gasteiger partial charge in [-0.1, -0.05) is 18.2 Å². The predicted molar refractivity (Wildman–Crippen MR) is 95.4 cm³/mol. The molecular weight excluding hydrogens is 372 g/mol. The highest BCUT2D eigenvalue weighted by Crippen LogP contribution is 2.35. The summed E-state index contributed by atoms with van der Waals surface area (Å²) in [5.74, 6) is 0.948. The van der Waals surface area contributed by atoms with Crippen LogP contribution in [0.15, 0.2) is 34.8 Å². The molecule has 1 aliphatic rings. The third-order valence-corrected chi connectivity index (χ3v) is 4.84. The summed E-state index contributed by atoms with van der Waals surface area (Å²) in [6.07, 6.45) is 0. The molecule has 0 aromatic heterocycles. The van der Waals surface area contributed by atoms with Gasteiger partial charge < -0.3 is 20.1 Å². The highest BCUT2D eigenvalue weighted by molar-refractivity contribution is 9.10. The molecule has 0 spiro atoms. The van der Waals surface area contributed by atoms with Crippen LogP contribution < -0.4 is 20.1 Å². The highest BCUT2D eigenvalue weighted by atomic mass is 79.9. The SMILES string of the molecule is COc1cc(C(=O)NCc2ccc3c(c2)CNC3)cc(OC)c1Br. The van der Waals surface area contributed by atoms with Crippen molar-refractivity contribution < 1.29 is 14.3 Å². The summed E-state index contributed by atoms with van der Waals surface area (Å²) < 4.78 is 11.2. The van der Waals surface area contributed by atoms with E-state index in [1.165, 1.54) is 11.1 Å². The van der Waals surface area contributed by atoms with Crippen molar-refractivity contribution in [3.63, 3.8) is 0 Å². The summed E-state index contributed by atoms with van der Waals surface area (Å²) >= 11 is 3.40. The summed E-state index contributed by atoms with van der Waals surface area (Å²) in [4.78, 5) is 12.4. The fraction of sp³-hybridized carbons (Fsp3) is 0.278. The van der Waals surface area contributed by atoms with E-state index in [1.807, 2.05) is 0 Å². The van der Waals surface area contributed by atoms with Crippen LogP contribution >= 0.6 is 15.9 Å². The Labute approximate surface area is 149 Å². The van der Waals surface area contributed by atoms with Crippen LogP contribution in [0, 0.1) is 0 Å². The van der Waals surface area contributed by atoms with E-state index < -0.39 is 0 Å². The zero-order chi connectivity index (χ0) is 17.1. The van der Waals surface area contributed by atoms with Gasteiger partial charge in [-0.15, -0.1) is 0 Å². The number of hydrogen-bond acceptors (Lipinski definition) is 4. The molecular formula is C18H19BrN2O3. The minimum atomic E-state index is -0.169. The zero-order valence-electron chi connectivity index (χ0n) is 13.6. The van der Waals surface area contributed by atoms with Gasteiger partial charge in [0.15, 0.2) is 0 Å². The van der Waals surface area contributed by atoms with Gasteiger partial charge in [-0.05, 0) is 44.8 Å². The molecule has 0 aliphatic carbocycles. The molecule has 2 aromatic rings. The van der Waals surface area contributed by atoms with Gasteiger partial charge in [0.1, 0.15) is 16.0 Å². The lowest BCUT2D eigenvalue weighted by atomic mass is 10.1. The normalized spacial score (nSPS) is 12.6. The highest BCUT2D eigenvalue weighted by Gasteiger charge is 2.15. The van der Waals surface area contributed by atoms with Crippen molar-refractivity contribution in [2.45, 2.75) is 19.6 Å². The van der Waals surface area contributed by atoms with Crippen molar-refractivity contribution in [1.29, 1.82) is 0 Å². The number of methoxy groups -OCH3 is 2. The average molecular weight is 391 g/mol. The molecule has 5 nitrogen and oxygen atoms in total. The third kappa shape index (κ3) is 3.39. The molecule has 2 aromatic carbocycles. The Morgan fingerprint density at radius 2 is 1.79 bits per heavy atom. The minimum Gasteiger partial charge on any atom is -0.495 e. The topological polar surface area (TPSA) is 59.6 Å². The van der Waals surface area contributed by atoms with Gasteiger partial charge in [-0.25, -0.2) is 0 Å². The van der Waals surface area contributed by atoms with Crippen LogP contribution in [-0.4, -0.2) is 20.1 Å². The average Bonchev–Trinajstić information content (AvgIpc) is 3.07. The first-order valence-electron chi connectivity index (χ1n) is 7.63. The second-order valence-electron chi connectivity index (χ2n) is 5.58. The van der Waals surface area contributed by atoms with Gasteiger partial charge in [0.25, 0.3) is 5.91 Å². The van der Waals surface area contributed by atoms with E-state index in [4.69, 9.17) is 9.47 Å². The lowest BCUT2D eigenvalue weighted by molar-refractivity contribution is 0.0950. The van der Waals surface area contributed by atoms with Crippen LogP contribution in [0.3, 0.4) is 0 Å². The van der Waals surface area contributed by atoms with Crippen LogP contribution in [0.4, 0.5) is 0 Å². The molecule has 0 radical (unpaired) electrons. The Kier molecular flexibility index (Phi) is 5.06. The van der Waals surface area contributed by atoms with Gasteiger partial charge >= 0.3 is 0 Å². The summed E-state index contributed by atoms with van der Waals surface area (Å²) in [5, 5.41) is 6.26. The minimum absolute atomic E-state index is 0.169. The van der Waals surface area contributed by atoms with E-state index >= 15 is 0 Å². The third-order valence-electron chi connectivity index (χ3n) is 4.06. The Bertz CT molecular complexity index is 752. The summed E-state index contributed by atoms with van der Waals surface area (Å²) in [7, 11) is 3.11. The molecule has 3 rings (SSSR count). The smallest absolute Gasteiger partial charge is 0.251 e. The Hall–Kier alpha value is -2.05. The molecule has 1 heterocycles. The quantitative estimate of drug-likeness (QED) is 0.823. The maximum absolute atomic E-state index is 12.4. The maximum Gasteiger partial charge on any atom is 0.251 e. The number of rotatable bonds is 5. The Morgan fingerprint density at radius 1 is 1.12 bits per heavy atom. The number of ether oxygens (including phenoxy) is 2. The molecule has 24 heavy (non-hydrogen) atoms. The second kappa shape index (κ2) is 7.23. The fourth-order valence-electron chi connectivity index (χ4n) is 2.74. The van der Waals surface area contributed by atoms with Crippen molar-refractivity contribution in [3.8, 4) is 11.5 Å². The lowest BCUT2D eigenvalue weighted by Gasteiger charge is -2.12. The standard InChI is InChI=1S/C18H19BrN2O3/c1-23-15-6-13(7-16(24-2)17(15)19)18(22)21-8-11-3-4-12-9-20-10-14(12)5-11/h3-7,20H,8-10H2,1-2H3,(H,21,22). The molecule has 0 saturated carbocycles. The molecule has 126 valence electrons.